The van der Waals surface area contributed by atoms with Crippen LogP contribution in [0.4, 0.5) is 5.69 Å². The highest BCUT2D eigenvalue weighted by Crippen LogP contribution is 2.21. The number of aromatic nitrogens is 2. The molecule has 1 aromatic heterocycles. The number of amides is 1. The van der Waals surface area contributed by atoms with E-state index in [9.17, 15) is 4.79 Å². The molecule has 1 amide bonds. The highest BCUT2D eigenvalue weighted by Gasteiger charge is 2.11. The number of nitrogens with one attached hydrogen (secondary N) is 2. The Bertz CT molecular complexity index is 575. The third-order valence-electron chi connectivity index (χ3n) is 3.36. The first kappa shape index (κ1) is 15.6. The van der Waals surface area contributed by atoms with Gasteiger partial charge in [0.2, 0.25) is 5.91 Å². The molecule has 0 aliphatic rings. The van der Waals surface area contributed by atoms with E-state index in [1.807, 2.05) is 32.0 Å². The Morgan fingerprint density at radius 2 is 2.05 bits per heavy atom. The normalized spacial score (nSPS) is 12.1. The topological polar surface area (TPSA) is 57.8 Å². The molecule has 0 bridgehead atoms. The maximum absolute atomic E-state index is 12.0. The number of H-pyrrole nitrogens is 1. The maximum Gasteiger partial charge on any atom is 0.234 e. The average molecular weight is 303 g/mol. The van der Waals surface area contributed by atoms with Gasteiger partial charge in [0.05, 0.1) is 22.8 Å². The molecule has 0 aliphatic carbocycles. The first-order valence-corrected chi connectivity index (χ1v) is 8.17. The van der Waals surface area contributed by atoms with Gasteiger partial charge in [0.25, 0.3) is 0 Å². The Hall–Kier alpha value is -1.75. The van der Waals surface area contributed by atoms with Crippen LogP contribution in [0.1, 0.15) is 29.8 Å². The first-order chi connectivity index (χ1) is 10.1. The van der Waals surface area contributed by atoms with Gasteiger partial charge in [0.1, 0.15) is 0 Å². The lowest BCUT2D eigenvalue weighted by molar-refractivity contribution is -0.113. The fraction of sp³-hybridized carbons (Fsp3) is 0.375. The van der Waals surface area contributed by atoms with Crippen molar-refractivity contribution in [1.29, 1.82) is 0 Å². The SMILES string of the molecule is Cc1n[nH]c(C)c1NC(=O)CSC[C@H](C)c1ccccc1. The standard InChI is InChI=1S/C16H21N3OS/c1-11(14-7-5-4-6-8-14)9-21-10-15(20)17-16-12(2)18-19-13(16)3/h4-8,11H,9-10H2,1-3H3,(H,17,20)(H,18,19)/t11-/m0/s1. The van der Waals surface area contributed by atoms with Crippen LogP contribution in [0, 0.1) is 13.8 Å². The molecule has 5 heteroatoms. The van der Waals surface area contributed by atoms with Gasteiger partial charge in [0.15, 0.2) is 0 Å². The van der Waals surface area contributed by atoms with Crippen LogP contribution in [0.15, 0.2) is 30.3 Å². The van der Waals surface area contributed by atoms with Crippen molar-refractivity contribution < 1.29 is 4.79 Å². The van der Waals surface area contributed by atoms with E-state index in [2.05, 4.69) is 34.6 Å². The number of hydrogen-bond acceptors (Lipinski definition) is 3. The molecular weight excluding hydrogens is 282 g/mol. The van der Waals surface area contributed by atoms with Crippen LogP contribution in [-0.4, -0.2) is 27.6 Å². The van der Waals surface area contributed by atoms with Crippen LogP contribution >= 0.6 is 11.8 Å². The van der Waals surface area contributed by atoms with E-state index in [-0.39, 0.29) is 5.91 Å². The minimum atomic E-state index is 0.0212. The van der Waals surface area contributed by atoms with Crippen LogP contribution in [0.25, 0.3) is 0 Å². The molecule has 1 aromatic carbocycles. The summed E-state index contributed by atoms with van der Waals surface area (Å²) < 4.78 is 0. The Morgan fingerprint density at radius 1 is 1.33 bits per heavy atom. The number of carbonyl (C=O) groups excluding carboxylic acids is 1. The van der Waals surface area contributed by atoms with Crippen molar-refractivity contribution in [2.45, 2.75) is 26.7 Å². The molecule has 1 heterocycles. The Labute approximate surface area is 129 Å². The van der Waals surface area contributed by atoms with Crippen LogP contribution < -0.4 is 5.32 Å². The minimum absolute atomic E-state index is 0.0212. The number of aryl methyl sites for hydroxylation is 2. The number of thioether (sulfide) groups is 1. The van der Waals surface area contributed by atoms with Crippen LogP contribution in [-0.2, 0) is 4.79 Å². The van der Waals surface area contributed by atoms with Gasteiger partial charge in [-0.25, -0.2) is 0 Å². The second kappa shape index (κ2) is 7.31. The summed E-state index contributed by atoms with van der Waals surface area (Å²) in [5, 5.41) is 9.86. The summed E-state index contributed by atoms with van der Waals surface area (Å²) in [5.41, 5.74) is 3.83. The van der Waals surface area contributed by atoms with E-state index in [0.717, 1.165) is 22.8 Å². The third kappa shape index (κ3) is 4.36. The van der Waals surface area contributed by atoms with E-state index in [4.69, 9.17) is 0 Å². The summed E-state index contributed by atoms with van der Waals surface area (Å²) in [6.07, 6.45) is 0. The molecular formula is C16H21N3OS. The lowest BCUT2D eigenvalue weighted by Crippen LogP contribution is -2.15. The smallest absolute Gasteiger partial charge is 0.234 e. The van der Waals surface area contributed by atoms with E-state index in [0.29, 0.717) is 11.7 Å². The van der Waals surface area contributed by atoms with Crippen LogP contribution in [0.2, 0.25) is 0 Å². The van der Waals surface area contributed by atoms with E-state index in [1.54, 1.807) is 11.8 Å². The number of nitrogens with zero attached hydrogens (tertiary/aromatic N) is 1. The summed E-state index contributed by atoms with van der Waals surface area (Å²) in [4.78, 5) is 12.0. The van der Waals surface area contributed by atoms with Crippen LogP contribution in [0.5, 0.6) is 0 Å². The highest BCUT2D eigenvalue weighted by molar-refractivity contribution is 8.00. The highest BCUT2D eigenvalue weighted by atomic mass is 32.2. The van der Waals surface area contributed by atoms with Gasteiger partial charge in [-0.1, -0.05) is 37.3 Å². The maximum atomic E-state index is 12.0. The predicted molar refractivity (Wildman–Crippen MR) is 88.9 cm³/mol. The molecule has 2 aromatic rings. The van der Waals surface area contributed by atoms with Crippen molar-refractivity contribution in [2.24, 2.45) is 0 Å². The van der Waals surface area contributed by atoms with Crippen molar-refractivity contribution in [1.82, 2.24) is 10.2 Å². The monoisotopic (exact) mass is 303 g/mol. The lowest BCUT2D eigenvalue weighted by Gasteiger charge is -2.11. The van der Waals surface area contributed by atoms with Gasteiger partial charge in [-0.05, 0) is 25.3 Å². The third-order valence-corrected chi connectivity index (χ3v) is 4.56. The van der Waals surface area contributed by atoms with Gasteiger partial charge in [0, 0.05) is 5.75 Å². The summed E-state index contributed by atoms with van der Waals surface area (Å²) in [5.74, 6) is 1.86. The molecule has 2 N–H and O–H groups in total. The summed E-state index contributed by atoms with van der Waals surface area (Å²) in [6, 6.07) is 10.4. The fourth-order valence-electron chi connectivity index (χ4n) is 2.12. The molecule has 2 rings (SSSR count). The second-order valence-corrected chi connectivity index (χ2v) is 6.21. The Balaban J connectivity index is 1.77. The number of aromatic amines is 1. The number of rotatable bonds is 6. The molecule has 0 saturated carbocycles. The van der Waals surface area contributed by atoms with Crippen molar-refractivity contribution in [2.75, 3.05) is 16.8 Å². The molecule has 0 radical (unpaired) electrons. The van der Waals surface area contributed by atoms with Crippen LogP contribution in [0.3, 0.4) is 0 Å². The Morgan fingerprint density at radius 3 is 2.67 bits per heavy atom. The van der Waals surface area contributed by atoms with Gasteiger partial charge < -0.3 is 5.32 Å². The quantitative estimate of drug-likeness (QED) is 0.858. The molecule has 1 atom stereocenters. The first-order valence-electron chi connectivity index (χ1n) is 7.02. The predicted octanol–water partition coefficient (Wildman–Crippen LogP) is 3.50. The zero-order valence-electron chi connectivity index (χ0n) is 12.6. The van der Waals surface area contributed by atoms with Crippen molar-refractivity contribution in [3.63, 3.8) is 0 Å². The average Bonchev–Trinajstić information content (AvgIpc) is 2.80. The Kier molecular flexibility index (Phi) is 5.44. The van der Waals surface area contributed by atoms with E-state index in [1.165, 1.54) is 5.56 Å². The molecule has 0 unspecified atom stereocenters. The van der Waals surface area contributed by atoms with Crippen molar-refractivity contribution in [3.05, 3.63) is 47.3 Å². The summed E-state index contributed by atoms with van der Waals surface area (Å²) in [6.45, 7) is 5.97. The minimum Gasteiger partial charge on any atom is -0.322 e. The molecule has 21 heavy (non-hydrogen) atoms. The molecule has 4 nitrogen and oxygen atoms in total. The lowest BCUT2D eigenvalue weighted by atomic mass is 10.0. The zero-order chi connectivity index (χ0) is 15.2. The number of carbonyl (C=O) groups is 1. The number of hydrogen-bond donors (Lipinski definition) is 2. The fourth-order valence-corrected chi connectivity index (χ4v) is 3.04. The van der Waals surface area contributed by atoms with Gasteiger partial charge in [-0.3, -0.25) is 9.89 Å². The van der Waals surface area contributed by atoms with E-state index < -0.39 is 0 Å². The van der Waals surface area contributed by atoms with Gasteiger partial charge in [-0.15, -0.1) is 0 Å². The van der Waals surface area contributed by atoms with Gasteiger partial charge in [-0.2, -0.15) is 16.9 Å². The van der Waals surface area contributed by atoms with Crippen molar-refractivity contribution >= 4 is 23.4 Å². The zero-order valence-corrected chi connectivity index (χ0v) is 13.5. The van der Waals surface area contributed by atoms with E-state index >= 15 is 0 Å². The second-order valence-electron chi connectivity index (χ2n) is 5.18. The number of benzene rings is 1. The largest absolute Gasteiger partial charge is 0.322 e. The molecule has 0 aliphatic heterocycles. The van der Waals surface area contributed by atoms with Gasteiger partial charge >= 0.3 is 0 Å². The summed E-state index contributed by atoms with van der Waals surface area (Å²) >= 11 is 1.66. The molecule has 0 spiro atoms. The van der Waals surface area contributed by atoms with Crippen molar-refractivity contribution in [3.8, 4) is 0 Å². The number of anilines is 1. The molecule has 112 valence electrons. The molecule has 0 fully saturated rings. The molecule has 0 saturated heterocycles. The summed E-state index contributed by atoms with van der Waals surface area (Å²) in [7, 11) is 0.